The van der Waals surface area contributed by atoms with Crippen LogP contribution in [0, 0.1) is 0 Å². The lowest BCUT2D eigenvalue weighted by atomic mass is 9.78. The van der Waals surface area contributed by atoms with Crippen LogP contribution >= 0.6 is 0 Å². The summed E-state index contributed by atoms with van der Waals surface area (Å²) in [6.07, 6.45) is 0. The zero-order valence-corrected chi connectivity index (χ0v) is 29.0. The third-order valence-electron chi connectivity index (χ3n) is 10.7. The molecule has 0 amide bonds. The fourth-order valence-electron chi connectivity index (χ4n) is 8.14. The highest BCUT2D eigenvalue weighted by Crippen LogP contribution is 2.52. The second-order valence-corrected chi connectivity index (χ2v) is 14.2. The first kappa shape index (κ1) is 30.3. The van der Waals surface area contributed by atoms with Gasteiger partial charge in [0.25, 0.3) is 0 Å². The van der Waals surface area contributed by atoms with Gasteiger partial charge in [0.1, 0.15) is 11.2 Å². The Balaban J connectivity index is 1.12. The molecule has 0 saturated carbocycles. The second kappa shape index (κ2) is 11.8. The molecule has 1 aliphatic rings. The molecule has 7 aromatic carbocycles. The smallest absolute Gasteiger partial charge is 0.160 e. The summed E-state index contributed by atoms with van der Waals surface area (Å²) in [6.45, 7) is 4.69. The lowest BCUT2D eigenvalue weighted by Gasteiger charge is -2.24. The molecule has 0 atom stereocenters. The van der Waals surface area contributed by atoms with Gasteiger partial charge in [-0.3, -0.25) is 0 Å². The summed E-state index contributed by atoms with van der Waals surface area (Å²) in [6, 6.07) is 60.0. The maximum Gasteiger partial charge on any atom is 0.160 e. The third kappa shape index (κ3) is 4.89. The van der Waals surface area contributed by atoms with Crippen molar-refractivity contribution in [2.45, 2.75) is 19.3 Å². The van der Waals surface area contributed by atoms with Gasteiger partial charge in [-0.15, -0.1) is 0 Å². The Kier molecular flexibility index (Phi) is 6.84. The fraction of sp³-hybridized carbons (Fsp3) is 0.0612. The van der Waals surface area contributed by atoms with Crippen molar-refractivity contribution in [2.24, 2.45) is 0 Å². The van der Waals surface area contributed by atoms with Gasteiger partial charge in [-0.2, -0.15) is 0 Å². The van der Waals surface area contributed by atoms with Crippen LogP contribution < -0.4 is 0 Å². The van der Waals surface area contributed by atoms with Gasteiger partial charge in [0.05, 0.1) is 11.4 Å². The Morgan fingerprint density at radius 3 is 1.87 bits per heavy atom. The van der Waals surface area contributed by atoms with Crippen LogP contribution in [0.4, 0.5) is 0 Å². The third-order valence-corrected chi connectivity index (χ3v) is 10.7. The normalized spacial score (nSPS) is 13.0. The molecule has 0 unspecified atom stereocenters. The van der Waals surface area contributed by atoms with Crippen molar-refractivity contribution in [3.63, 3.8) is 0 Å². The number of rotatable bonds is 5. The van der Waals surface area contributed by atoms with Crippen LogP contribution in [-0.4, -0.2) is 9.97 Å². The van der Waals surface area contributed by atoms with Gasteiger partial charge >= 0.3 is 0 Å². The van der Waals surface area contributed by atoms with Crippen LogP contribution in [0.15, 0.2) is 174 Å². The monoisotopic (exact) mass is 666 g/mol. The van der Waals surface area contributed by atoms with Crippen LogP contribution in [0.1, 0.15) is 25.0 Å². The minimum absolute atomic E-state index is 0.116. The topological polar surface area (TPSA) is 38.9 Å². The number of hydrogen-bond donors (Lipinski definition) is 0. The van der Waals surface area contributed by atoms with Gasteiger partial charge < -0.3 is 4.42 Å². The van der Waals surface area contributed by atoms with Crippen molar-refractivity contribution in [3.8, 4) is 67.3 Å². The number of nitrogens with zero attached hydrogens (tertiary/aromatic N) is 2. The minimum Gasteiger partial charge on any atom is -0.456 e. The van der Waals surface area contributed by atoms with Crippen molar-refractivity contribution in [1.29, 1.82) is 0 Å². The molecule has 52 heavy (non-hydrogen) atoms. The van der Waals surface area contributed by atoms with E-state index in [4.69, 9.17) is 14.4 Å². The molecule has 2 aromatic heterocycles. The van der Waals surface area contributed by atoms with Crippen LogP contribution in [0.3, 0.4) is 0 Å². The number of hydrogen-bond acceptors (Lipinski definition) is 3. The molecule has 10 rings (SSSR count). The highest BCUT2D eigenvalue weighted by atomic mass is 16.3. The molecule has 0 aliphatic heterocycles. The maximum absolute atomic E-state index is 6.29. The van der Waals surface area contributed by atoms with Crippen LogP contribution in [0.5, 0.6) is 0 Å². The summed E-state index contributed by atoms with van der Waals surface area (Å²) in [7, 11) is 0. The Morgan fingerprint density at radius 1 is 0.404 bits per heavy atom. The van der Waals surface area contributed by atoms with E-state index in [1.54, 1.807) is 0 Å². The molecule has 0 bridgehead atoms. The summed E-state index contributed by atoms with van der Waals surface area (Å²) in [5.74, 6) is 0.657. The highest BCUT2D eigenvalue weighted by molar-refractivity contribution is 6.05. The Bertz CT molecular complexity index is 2810. The average molecular weight is 667 g/mol. The van der Waals surface area contributed by atoms with Gasteiger partial charge in [-0.05, 0) is 74.8 Å². The molecule has 3 nitrogen and oxygen atoms in total. The zero-order chi connectivity index (χ0) is 34.8. The van der Waals surface area contributed by atoms with E-state index in [1.807, 2.05) is 24.3 Å². The lowest BCUT2D eigenvalue weighted by Crippen LogP contribution is -2.16. The van der Waals surface area contributed by atoms with Crippen LogP contribution in [0.25, 0.3) is 89.2 Å². The van der Waals surface area contributed by atoms with Gasteiger partial charge in [-0.1, -0.05) is 153 Å². The van der Waals surface area contributed by atoms with Gasteiger partial charge in [0.15, 0.2) is 5.82 Å². The molecule has 9 aromatic rings. The van der Waals surface area contributed by atoms with E-state index in [-0.39, 0.29) is 5.41 Å². The molecule has 0 fully saturated rings. The van der Waals surface area contributed by atoms with E-state index in [2.05, 4.69) is 159 Å². The molecule has 0 N–H and O–H groups in total. The Morgan fingerprint density at radius 2 is 1.00 bits per heavy atom. The molecule has 0 saturated heterocycles. The first-order chi connectivity index (χ1) is 25.5. The second-order valence-electron chi connectivity index (χ2n) is 14.2. The van der Waals surface area contributed by atoms with E-state index in [0.29, 0.717) is 5.82 Å². The van der Waals surface area contributed by atoms with Gasteiger partial charge in [-0.25, -0.2) is 9.97 Å². The molecule has 1 aliphatic carbocycles. The molecule has 0 spiro atoms. The van der Waals surface area contributed by atoms with Crippen LogP contribution in [-0.2, 0) is 5.41 Å². The van der Waals surface area contributed by atoms with Crippen molar-refractivity contribution >= 4 is 21.9 Å². The predicted molar refractivity (Wildman–Crippen MR) is 214 cm³/mol. The quantitative estimate of drug-likeness (QED) is 0.183. The van der Waals surface area contributed by atoms with Crippen molar-refractivity contribution in [3.05, 3.63) is 181 Å². The fourth-order valence-corrected chi connectivity index (χ4v) is 8.14. The first-order valence-corrected chi connectivity index (χ1v) is 17.8. The Labute approximate surface area is 302 Å². The molecule has 3 heteroatoms. The van der Waals surface area contributed by atoms with E-state index in [0.717, 1.165) is 50.0 Å². The van der Waals surface area contributed by atoms with Crippen molar-refractivity contribution in [2.75, 3.05) is 0 Å². The van der Waals surface area contributed by atoms with E-state index >= 15 is 0 Å². The summed E-state index contributed by atoms with van der Waals surface area (Å²) in [4.78, 5) is 10.4. The van der Waals surface area contributed by atoms with Gasteiger partial charge in [0, 0.05) is 32.9 Å². The SMILES string of the molecule is CC1(C)c2ccccc2-c2cccc(-c3cccc(-c4cc(-c5ccc(-c6ccccc6)cc5)nc(-c5ccc6c(c5)oc5ccccc56)n4)c3)c21. The average Bonchev–Trinajstić information content (AvgIpc) is 3.70. The first-order valence-electron chi connectivity index (χ1n) is 17.8. The van der Waals surface area contributed by atoms with E-state index in [9.17, 15) is 0 Å². The van der Waals surface area contributed by atoms with E-state index < -0.39 is 0 Å². The highest BCUT2D eigenvalue weighted by Gasteiger charge is 2.37. The zero-order valence-electron chi connectivity index (χ0n) is 29.0. The number of furan rings is 1. The molecule has 0 radical (unpaired) electrons. The number of benzene rings is 7. The standard InChI is InChI=1S/C49H34N2O/c1-49(2)42-20-8-6-16-38(42)41-19-11-18-37(47(41)49)34-14-10-15-35(28-34)44-30-43(33-24-22-32(23-25-33)31-12-4-3-5-13-31)50-48(51-44)36-26-27-40-39-17-7-9-21-45(39)52-46(40)29-36/h3-30H,1-2H3. The lowest BCUT2D eigenvalue weighted by molar-refractivity contribution is 0.662. The predicted octanol–water partition coefficient (Wildman–Crippen LogP) is 13.0. The van der Waals surface area contributed by atoms with Crippen molar-refractivity contribution < 1.29 is 4.42 Å². The summed E-state index contributed by atoms with van der Waals surface area (Å²) in [5, 5.41) is 2.19. The maximum atomic E-state index is 6.29. The summed E-state index contributed by atoms with van der Waals surface area (Å²) in [5.41, 5.74) is 16.5. The summed E-state index contributed by atoms with van der Waals surface area (Å²) < 4.78 is 6.29. The minimum atomic E-state index is -0.116. The molecular formula is C49H34N2O. The molecule has 246 valence electrons. The van der Waals surface area contributed by atoms with E-state index in [1.165, 1.54) is 44.5 Å². The van der Waals surface area contributed by atoms with Crippen molar-refractivity contribution in [1.82, 2.24) is 9.97 Å². The number of fused-ring (bicyclic) bond motifs is 6. The Hall–Kier alpha value is -6.58. The number of aromatic nitrogens is 2. The van der Waals surface area contributed by atoms with Gasteiger partial charge in [0.2, 0.25) is 0 Å². The summed E-state index contributed by atoms with van der Waals surface area (Å²) >= 11 is 0. The number of para-hydroxylation sites is 1. The molecule has 2 heterocycles. The van der Waals surface area contributed by atoms with Crippen LogP contribution in [0.2, 0.25) is 0 Å². The molecular weight excluding hydrogens is 633 g/mol. The largest absolute Gasteiger partial charge is 0.456 e.